The van der Waals surface area contributed by atoms with Crippen LogP contribution in [0.1, 0.15) is 31.7 Å². The molecule has 1 aliphatic heterocycles. The minimum absolute atomic E-state index is 0.242. The van der Waals surface area contributed by atoms with Crippen molar-refractivity contribution in [2.75, 3.05) is 19.8 Å². The van der Waals surface area contributed by atoms with Crippen LogP contribution in [0, 0.1) is 0 Å². The van der Waals surface area contributed by atoms with Crippen LogP contribution in [0.5, 0.6) is 5.75 Å². The molecular weight excluding hydrogens is 346 g/mol. The molecule has 5 nitrogen and oxygen atoms in total. The molecule has 0 aliphatic carbocycles. The third-order valence-electron chi connectivity index (χ3n) is 4.27. The summed E-state index contributed by atoms with van der Waals surface area (Å²) in [6.07, 6.45) is 5.16. The Morgan fingerprint density at radius 3 is 3.04 bits per heavy atom. The molecule has 1 fully saturated rings. The first-order valence-electron chi connectivity index (χ1n) is 9.11. The molecule has 0 amide bonds. The maximum Gasteiger partial charge on any atom is 0.187 e. The monoisotopic (exact) mass is 371 g/mol. The highest BCUT2D eigenvalue weighted by Crippen LogP contribution is 2.26. The van der Waals surface area contributed by atoms with E-state index >= 15 is 0 Å². The number of fused-ring (bicyclic) bond motifs is 1. The van der Waals surface area contributed by atoms with Gasteiger partial charge >= 0.3 is 0 Å². The van der Waals surface area contributed by atoms with Gasteiger partial charge < -0.3 is 14.8 Å². The van der Waals surface area contributed by atoms with E-state index in [0.717, 1.165) is 48.0 Å². The highest BCUT2D eigenvalue weighted by atomic mass is 32.1. The molecule has 1 atom stereocenters. The van der Waals surface area contributed by atoms with Crippen molar-refractivity contribution in [3.05, 3.63) is 42.0 Å². The summed E-state index contributed by atoms with van der Waals surface area (Å²) in [5, 5.41) is 10.2. The fourth-order valence-electron chi connectivity index (χ4n) is 2.95. The highest BCUT2D eigenvalue weighted by molar-refractivity contribution is 7.80. The fourth-order valence-corrected chi connectivity index (χ4v) is 3.09. The van der Waals surface area contributed by atoms with Crippen molar-refractivity contribution in [3.8, 4) is 5.75 Å². The van der Waals surface area contributed by atoms with Crippen LogP contribution in [0.4, 0.5) is 0 Å². The lowest BCUT2D eigenvalue weighted by Crippen LogP contribution is -2.37. The van der Waals surface area contributed by atoms with Gasteiger partial charge in [-0.25, -0.2) is 0 Å². The number of hydrazone groups is 1. The van der Waals surface area contributed by atoms with Gasteiger partial charge in [-0.1, -0.05) is 37.3 Å². The number of hydrogen-bond donors (Lipinski definition) is 2. The molecule has 1 saturated heterocycles. The minimum atomic E-state index is 0.242. The van der Waals surface area contributed by atoms with E-state index in [-0.39, 0.29) is 6.10 Å². The predicted molar refractivity (Wildman–Crippen MR) is 110 cm³/mol. The second-order valence-electron chi connectivity index (χ2n) is 6.26. The molecule has 0 aromatic heterocycles. The Hall–Kier alpha value is -2.18. The largest absolute Gasteiger partial charge is 0.493 e. The zero-order chi connectivity index (χ0) is 18.2. The van der Waals surface area contributed by atoms with E-state index in [2.05, 4.69) is 41.0 Å². The van der Waals surface area contributed by atoms with E-state index in [0.29, 0.717) is 18.3 Å². The predicted octanol–water partition coefficient (Wildman–Crippen LogP) is 3.61. The molecule has 2 aromatic carbocycles. The first kappa shape index (κ1) is 18.6. The number of ether oxygens (including phenoxy) is 2. The van der Waals surface area contributed by atoms with Crippen LogP contribution in [-0.4, -0.2) is 37.2 Å². The standard InChI is InChI=1S/C20H25N3O2S/c1-2-11-25-19-10-9-15-6-3-4-8-17(15)18(19)14-22-23-20(26)21-13-16-7-5-12-24-16/h3-4,6,8-10,14,16H,2,5,7,11-13H2,1H3,(H2,21,23,26)/b22-14-/t16-/m1/s1. The molecule has 2 N–H and O–H groups in total. The summed E-state index contributed by atoms with van der Waals surface area (Å²) in [5.41, 5.74) is 3.83. The average Bonchev–Trinajstić information content (AvgIpc) is 3.19. The summed E-state index contributed by atoms with van der Waals surface area (Å²) < 4.78 is 11.5. The Bertz CT molecular complexity index is 773. The number of benzene rings is 2. The Labute approximate surface area is 159 Å². The number of nitrogens with zero attached hydrogens (tertiary/aromatic N) is 1. The normalized spacial score (nSPS) is 16.9. The maximum absolute atomic E-state index is 5.88. The molecule has 26 heavy (non-hydrogen) atoms. The number of nitrogens with one attached hydrogen (secondary N) is 2. The zero-order valence-corrected chi connectivity index (χ0v) is 15.8. The maximum atomic E-state index is 5.88. The Morgan fingerprint density at radius 2 is 2.23 bits per heavy atom. The lowest BCUT2D eigenvalue weighted by molar-refractivity contribution is 0.114. The van der Waals surface area contributed by atoms with Gasteiger partial charge in [0.15, 0.2) is 5.11 Å². The quantitative estimate of drug-likeness (QED) is 0.442. The molecular formula is C20H25N3O2S. The van der Waals surface area contributed by atoms with Gasteiger partial charge in [-0.3, -0.25) is 5.43 Å². The number of thiocarbonyl (C=S) groups is 1. The first-order chi connectivity index (χ1) is 12.8. The minimum Gasteiger partial charge on any atom is -0.493 e. The van der Waals surface area contributed by atoms with Crippen molar-refractivity contribution in [3.63, 3.8) is 0 Å². The molecule has 0 bridgehead atoms. The lowest BCUT2D eigenvalue weighted by atomic mass is 10.0. The fraction of sp³-hybridized carbons (Fsp3) is 0.400. The van der Waals surface area contributed by atoms with Gasteiger partial charge in [0.05, 0.1) is 18.9 Å². The molecule has 1 aliphatic rings. The molecule has 0 unspecified atom stereocenters. The second kappa shape index (κ2) is 9.50. The number of hydrogen-bond acceptors (Lipinski definition) is 4. The van der Waals surface area contributed by atoms with Crippen LogP contribution < -0.4 is 15.5 Å². The van der Waals surface area contributed by atoms with Crippen molar-refractivity contribution in [1.82, 2.24) is 10.7 Å². The van der Waals surface area contributed by atoms with Crippen molar-refractivity contribution in [1.29, 1.82) is 0 Å². The van der Waals surface area contributed by atoms with Gasteiger partial charge in [-0.05, 0) is 48.3 Å². The van der Waals surface area contributed by atoms with E-state index in [4.69, 9.17) is 21.7 Å². The summed E-state index contributed by atoms with van der Waals surface area (Å²) in [7, 11) is 0. The van der Waals surface area contributed by atoms with Gasteiger partial charge in [0.25, 0.3) is 0 Å². The van der Waals surface area contributed by atoms with Crippen LogP contribution in [-0.2, 0) is 4.74 Å². The molecule has 0 saturated carbocycles. The van der Waals surface area contributed by atoms with Crippen molar-refractivity contribution in [2.24, 2.45) is 5.10 Å². The SMILES string of the molecule is CCCOc1ccc2ccccc2c1/C=N\NC(=S)NC[C@H]1CCCO1. The summed E-state index contributed by atoms with van der Waals surface area (Å²) >= 11 is 5.28. The molecule has 0 spiro atoms. The zero-order valence-electron chi connectivity index (χ0n) is 15.0. The van der Waals surface area contributed by atoms with Crippen LogP contribution >= 0.6 is 12.2 Å². The van der Waals surface area contributed by atoms with E-state index in [1.54, 1.807) is 6.21 Å². The smallest absolute Gasteiger partial charge is 0.187 e. The molecule has 2 aromatic rings. The topological polar surface area (TPSA) is 54.9 Å². The van der Waals surface area contributed by atoms with E-state index in [1.165, 1.54) is 0 Å². The summed E-state index contributed by atoms with van der Waals surface area (Å²) in [6, 6.07) is 12.3. The first-order valence-corrected chi connectivity index (χ1v) is 9.52. The van der Waals surface area contributed by atoms with Gasteiger partial charge in [0.2, 0.25) is 0 Å². The van der Waals surface area contributed by atoms with E-state index in [1.807, 2.05) is 18.2 Å². The molecule has 3 rings (SSSR count). The highest BCUT2D eigenvalue weighted by Gasteiger charge is 2.15. The van der Waals surface area contributed by atoms with Crippen molar-refractivity contribution in [2.45, 2.75) is 32.3 Å². The van der Waals surface area contributed by atoms with Gasteiger partial charge in [-0.15, -0.1) is 0 Å². The summed E-state index contributed by atoms with van der Waals surface area (Å²) in [4.78, 5) is 0. The lowest BCUT2D eigenvalue weighted by Gasteiger charge is -2.13. The Balaban J connectivity index is 1.67. The second-order valence-corrected chi connectivity index (χ2v) is 6.67. The number of rotatable bonds is 7. The van der Waals surface area contributed by atoms with Crippen LogP contribution in [0.25, 0.3) is 10.8 Å². The third-order valence-corrected chi connectivity index (χ3v) is 4.50. The summed E-state index contributed by atoms with van der Waals surface area (Å²) in [6.45, 7) is 4.31. The molecule has 138 valence electrons. The van der Waals surface area contributed by atoms with Crippen molar-refractivity contribution >= 4 is 34.3 Å². The van der Waals surface area contributed by atoms with Gasteiger partial charge in [-0.2, -0.15) is 5.10 Å². The van der Waals surface area contributed by atoms with Crippen LogP contribution in [0.2, 0.25) is 0 Å². The molecule has 0 radical (unpaired) electrons. The molecule has 6 heteroatoms. The van der Waals surface area contributed by atoms with Gasteiger partial charge in [0.1, 0.15) is 5.75 Å². The third kappa shape index (κ3) is 4.93. The van der Waals surface area contributed by atoms with E-state index in [9.17, 15) is 0 Å². The molecule has 1 heterocycles. The van der Waals surface area contributed by atoms with Crippen LogP contribution in [0.3, 0.4) is 0 Å². The Morgan fingerprint density at radius 1 is 1.35 bits per heavy atom. The van der Waals surface area contributed by atoms with Gasteiger partial charge in [0, 0.05) is 18.7 Å². The van der Waals surface area contributed by atoms with Crippen molar-refractivity contribution < 1.29 is 9.47 Å². The van der Waals surface area contributed by atoms with Crippen LogP contribution in [0.15, 0.2) is 41.5 Å². The van der Waals surface area contributed by atoms with E-state index < -0.39 is 0 Å². The average molecular weight is 372 g/mol. The Kier molecular flexibility index (Phi) is 6.80. The summed E-state index contributed by atoms with van der Waals surface area (Å²) in [5.74, 6) is 0.828.